The molecule has 3 fully saturated rings. The molecule has 1 aliphatic carbocycles. The molecule has 0 spiro atoms. The lowest BCUT2D eigenvalue weighted by Crippen LogP contribution is -2.64. The van der Waals surface area contributed by atoms with Crippen LogP contribution in [0.1, 0.15) is 112 Å². The molecule has 3 heterocycles. The van der Waals surface area contributed by atoms with Crippen molar-refractivity contribution in [2.75, 3.05) is 27.9 Å². The third-order valence-electron chi connectivity index (χ3n) is 12.8. The number of fused-ring (bicyclic) bond motifs is 3. The number of carbonyl (C=O) groups excluding carboxylic acids is 4. The second-order valence-corrected chi connectivity index (χ2v) is 17.7. The number of alkyl halides is 1. The van der Waals surface area contributed by atoms with Gasteiger partial charge in [0.25, 0.3) is 11.7 Å². The molecule has 3 aliphatic heterocycles. The number of Topliss-reactive ketones (excluding diaryl/α,β-unsaturated/α-hetero) is 2. The first-order valence-electron chi connectivity index (χ1n) is 20.7. The van der Waals surface area contributed by atoms with Gasteiger partial charge in [-0.05, 0) is 95.5 Å². The standard InChI is InChI=1S/C43H68ClNO11/c1-10-30-18-24(2)17-25(3)19-36(53-8)39-37(54-9)21-27(5)43(51,56-39)40(48)41(49)45-16-12-11-13-32(45)42(50)55-38(28(6)33(46)23-34(30)47)26(4)20-29-14-15-31(44)35(22-29)52-7/h18,20,25,27-33,35-39,46,51H,10-17,19,21-23H2,1-9H3/b24-18+,26-20+/t25?,27-,28-,29+,30-,31+,32+,33+,35-,36+,37+,38-,39-,43-/m1/s1. The van der Waals surface area contributed by atoms with Crippen molar-refractivity contribution in [3.05, 3.63) is 23.3 Å². The lowest BCUT2D eigenvalue weighted by Gasteiger charge is -2.47. The van der Waals surface area contributed by atoms with Gasteiger partial charge in [-0.3, -0.25) is 14.4 Å². The zero-order valence-electron chi connectivity index (χ0n) is 35.0. The van der Waals surface area contributed by atoms with E-state index in [1.54, 1.807) is 21.0 Å². The minimum Gasteiger partial charge on any atom is -0.456 e. The summed E-state index contributed by atoms with van der Waals surface area (Å²) in [6, 6.07) is -1.12. The van der Waals surface area contributed by atoms with Gasteiger partial charge >= 0.3 is 5.97 Å². The first-order valence-corrected chi connectivity index (χ1v) is 21.2. The Morgan fingerprint density at radius 3 is 2.27 bits per heavy atom. The Bertz CT molecular complexity index is 1440. The normalized spacial score (nSPS) is 41.6. The zero-order chi connectivity index (χ0) is 41.5. The summed E-state index contributed by atoms with van der Waals surface area (Å²) in [6.45, 7) is 11.3. The maximum Gasteiger partial charge on any atom is 0.329 e. The van der Waals surface area contributed by atoms with Gasteiger partial charge in [0.15, 0.2) is 0 Å². The lowest BCUT2D eigenvalue weighted by atomic mass is 9.82. The Morgan fingerprint density at radius 2 is 1.62 bits per heavy atom. The van der Waals surface area contributed by atoms with Crippen LogP contribution in [0, 0.1) is 29.6 Å². The predicted octanol–water partition coefficient (Wildman–Crippen LogP) is 5.72. The van der Waals surface area contributed by atoms with E-state index >= 15 is 0 Å². The molecule has 2 saturated heterocycles. The van der Waals surface area contributed by atoms with Crippen LogP contribution >= 0.6 is 11.6 Å². The number of aliphatic hydroxyl groups is 2. The van der Waals surface area contributed by atoms with Crippen LogP contribution in [0.3, 0.4) is 0 Å². The van der Waals surface area contributed by atoms with E-state index in [1.165, 1.54) is 19.1 Å². The van der Waals surface area contributed by atoms with Gasteiger partial charge in [0.1, 0.15) is 24.0 Å². The summed E-state index contributed by atoms with van der Waals surface area (Å²) < 4.78 is 29.9. The van der Waals surface area contributed by atoms with Gasteiger partial charge in [-0.25, -0.2) is 4.79 Å². The van der Waals surface area contributed by atoms with Crippen molar-refractivity contribution in [1.82, 2.24) is 4.90 Å². The minimum atomic E-state index is -2.49. The Kier molecular flexibility index (Phi) is 17.2. The Labute approximate surface area is 339 Å². The van der Waals surface area contributed by atoms with Crippen molar-refractivity contribution in [2.24, 2.45) is 29.6 Å². The lowest BCUT2D eigenvalue weighted by molar-refractivity contribution is -0.302. The molecular weight excluding hydrogens is 742 g/mol. The predicted molar refractivity (Wildman–Crippen MR) is 212 cm³/mol. The first kappa shape index (κ1) is 46.5. The second kappa shape index (κ2) is 20.7. The van der Waals surface area contributed by atoms with Crippen LogP contribution < -0.4 is 0 Å². The van der Waals surface area contributed by atoms with Gasteiger partial charge in [-0.2, -0.15) is 0 Å². The number of ether oxygens (including phenoxy) is 5. The van der Waals surface area contributed by atoms with E-state index in [0.29, 0.717) is 44.1 Å². The van der Waals surface area contributed by atoms with Crippen LogP contribution in [0.15, 0.2) is 23.3 Å². The van der Waals surface area contributed by atoms with Crippen molar-refractivity contribution >= 4 is 35.0 Å². The molecule has 0 aromatic carbocycles. The summed E-state index contributed by atoms with van der Waals surface area (Å²) in [7, 11) is 4.71. The molecule has 12 nitrogen and oxygen atoms in total. The van der Waals surface area contributed by atoms with Gasteiger partial charge in [0, 0.05) is 52.0 Å². The van der Waals surface area contributed by atoms with Gasteiger partial charge in [-0.15, -0.1) is 11.6 Å². The second-order valence-electron chi connectivity index (χ2n) is 17.1. The van der Waals surface area contributed by atoms with E-state index in [2.05, 4.69) is 6.92 Å². The van der Waals surface area contributed by atoms with E-state index in [4.69, 9.17) is 35.3 Å². The van der Waals surface area contributed by atoms with Crippen molar-refractivity contribution in [2.45, 2.75) is 166 Å². The van der Waals surface area contributed by atoms with Crippen LogP contribution in [0.25, 0.3) is 0 Å². The van der Waals surface area contributed by atoms with Crippen LogP contribution in [-0.2, 0) is 42.9 Å². The number of halogens is 1. The summed E-state index contributed by atoms with van der Waals surface area (Å²) >= 11 is 6.52. The summed E-state index contributed by atoms with van der Waals surface area (Å²) in [5, 5.41) is 23.6. The molecule has 13 heteroatoms. The highest BCUT2D eigenvalue weighted by Crippen LogP contribution is 2.39. The molecule has 4 rings (SSSR count). The van der Waals surface area contributed by atoms with Crippen molar-refractivity contribution in [1.29, 1.82) is 0 Å². The SMILES string of the molecule is CC[C@@H]1/C=C(\C)CC(C)C[C@H](OC)[C@H]2O[C@@](O)(C(=O)C(=O)N3CCCC[C@H]3C(=O)O[C@H](/C(C)=C/[C@@H]3CC[C@H](Cl)[C@H](OC)C3)[C@H](C)[C@@H](O)CC1=O)[C@H](C)C[C@@H]2OC. The van der Waals surface area contributed by atoms with Crippen LogP contribution in [0.5, 0.6) is 0 Å². The molecule has 56 heavy (non-hydrogen) atoms. The summed E-state index contributed by atoms with van der Waals surface area (Å²) in [4.78, 5) is 57.7. The maximum atomic E-state index is 14.3. The number of allylic oxidation sites excluding steroid dienone is 3. The average molecular weight is 810 g/mol. The zero-order valence-corrected chi connectivity index (χ0v) is 35.8. The number of methoxy groups -OCH3 is 3. The smallest absolute Gasteiger partial charge is 0.329 e. The Balaban J connectivity index is 1.76. The highest BCUT2D eigenvalue weighted by molar-refractivity contribution is 6.39. The summed E-state index contributed by atoms with van der Waals surface area (Å²) in [5.74, 6) is -7.31. The van der Waals surface area contributed by atoms with Gasteiger partial charge in [0.05, 0.1) is 29.8 Å². The third-order valence-corrected chi connectivity index (χ3v) is 13.3. The molecule has 1 saturated carbocycles. The monoisotopic (exact) mass is 809 g/mol. The number of hydrogen-bond donors (Lipinski definition) is 2. The number of aliphatic hydroxyl groups excluding tert-OH is 1. The topological polar surface area (TPSA) is 158 Å². The molecule has 318 valence electrons. The van der Waals surface area contributed by atoms with Crippen LogP contribution in [0.4, 0.5) is 0 Å². The number of piperidine rings is 1. The Hall–Kier alpha value is -2.19. The molecule has 1 amide bonds. The number of hydrogen-bond acceptors (Lipinski definition) is 11. The summed E-state index contributed by atoms with van der Waals surface area (Å²) in [6.07, 6.45) is 5.16. The van der Waals surface area contributed by atoms with E-state index in [-0.39, 0.29) is 54.9 Å². The molecule has 0 aromatic rings. The Morgan fingerprint density at radius 1 is 0.964 bits per heavy atom. The number of ketones is 2. The highest BCUT2D eigenvalue weighted by atomic mass is 35.5. The van der Waals surface area contributed by atoms with Crippen LogP contribution in [0.2, 0.25) is 0 Å². The first-order chi connectivity index (χ1) is 26.5. The molecule has 14 atom stereocenters. The number of carbonyl (C=O) groups is 4. The van der Waals surface area contributed by atoms with E-state index < -0.39 is 77.8 Å². The fourth-order valence-corrected chi connectivity index (χ4v) is 9.69. The fraction of sp³-hybridized carbons (Fsp3) is 0.814. The highest BCUT2D eigenvalue weighted by Gasteiger charge is 2.56. The molecule has 0 aromatic heterocycles. The maximum absolute atomic E-state index is 14.3. The van der Waals surface area contributed by atoms with Crippen molar-refractivity contribution < 1.29 is 53.1 Å². The van der Waals surface area contributed by atoms with Gasteiger partial charge < -0.3 is 38.8 Å². The molecule has 1 unspecified atom stereocenters. The van der Waals surface area contributed by atoms with E-state index in [0.717, 1.165) is 18.4 Å². The minimum absolute atomic E-state index is 0.0425. The molecule has 2 N–H and O–H groups in total. The molecular formula is C43H68ClNO11. The van der Waals surface area contributed by atoms with E-state index in [9.17, 15) is 29.4 Å². The summed E-state index contributed by atoms with van der Waals surface area (Å²) in [5.41, 5.74) is 1.71. The van der Waals surface area contributed by atoms with Crippen molar-refractivity contribution in [3.8, 4) is 0 Å². The average Bonchev–Trinajstić information content (AvgIpc) is 3.18. The molecule has 4 aliphatic rings. The number of rotatable bonds is 6. The number of esters is 1. The van der Waals surface area contributed by atoms with Crippen molar-refractivity contribution in [3.63, 3.8) is 0 Å². The molecule has 2 bridgehead atoms. The number of cyclic esters (lactones) is 1. The quantitative estimate of drug-likeness (QED) is 0.146. The van der Waals surface area contributed by atoms with Crippen LogP contribution in [-0.4, -0.2) is 120 Å². The van der Waals surface area contributed by atoms with E-state index in [1.807, 2.05) is 32.9 Å². The number of nitrogens with zero attached hydrogens (tertiary/aromatic N) is 1. The van der Waals surface area contributed by atoms with Gasteiger partial charge in [-0.1, -0.05) is 45.4 Å². The van der Waals surface area contributed by atoms with Gasteiger partial charge in [0.2, 0.25) is 5.79 Å². The fourth-order valence-electron chi connectivity index (χ4n) is 9.36. The molecule has 0 radical (unpaired) electrons. The number of amides is 1. The third kappa shape index (κ3) is 10.9. The largest absolute Gasteiger partial charge is 0.456 e.